The van der Waals surface area contributed by atoms with Crippen LogP contribution in [0.5, 0.6) is 0 Å². The summed E-state index contributed by atoms with van der Waals surface area (Å²) < 4.78 is 0. The lowest BCUT2D eigenvalue weighted by Gasteiger charge is -2.27. The number of β-amino-alcohol motifs (C(OH)–C–C–N with tert-alkyl or cyclic N) is 1. The molecular formula is C8H13NO. The molecule has 0 bridgehead atoms. The average Bonchev–Trinajstić information content (AvgIpc) is 1.89. The third kappa shape index (κ3) is 1.73. The first-order chi connectivity index (χ1) is 4.77. The van der Waals surface area contributed by atoms with Crippen molar-refractivity contribution in [2.75, 3.05) is 13.1 Å². The molecule has 1 rings (SSSR count). The molecule has 0 aromatic rings. The minimum Gasteiger partial charge on any atom is -0.376 e. The summed E-state index contributed by atoms with van der Waals surface area (Å²) in [6, 6.07) is 0. The Morgan fingerprint density at radius 2 is 2.40 bits per heavy atom. The van der Waals surface area contributed by atoms with Gasteiger partial charge in [-0.25, -0.2) is 0 Å². The summed E-state index contributed by atoms with van der Waals surface area (Å²) >= 11 is 0. The number of hydrogen-bond acceptors (Lipinski definition) is 2. The van der Waals surface area contributed by atoms with E-state index in [-0.39, 0.29) is 0 Å². The summed E-state index contributed by atoms with van der Waals surface area (Å²) in [5.41, 5.74) is -0.743. The Balaban J connectivity index is 2.53. The molecular weight excluding hydrogens is 126 g/mol. The zero-order chi connectivity index (χ0) is 7.45. The number of hydrogen-bond donors (Lipinski definition) is 2. The van der Waals surface area contributed by atoms with E-state index in [4.69, 9.17) is 0 Å². The molecule has 0 aromatic carbocycles. The first kappa shape index (κ1) is 7.59. The fraction of sp³-hybridized carbons (Fsp3) is 0.750. The van der Waals surface area contributed by atoms with Crippen molar-refractivity contribution < 1.29 is 5.11 Å². The molecule has 1 unspecified atom stereocenters. The van der Waals surface area contributed by atoms with Gasteiger partial charge in [-0.05, 0) is 26.3 Å². The monoisotopic (exact) mass is 139 g/mol. The Kier molecular flexibility index (Phi) is 2.31. The van der Waals surface area contributed by atoms with Crippen LogP contribution in [0.3, 0.4) is 0 Å². The van der Waals surface area contributed by atoms with Crippen LogP contribution in [0, 0.1) is 11.8 Å². The van der Waals surface area contributed by atoms with Crippen molar-refractivity contribution in [3.63, 3.8) is 0 Å². The Hall–Kier alpha value is -0.520. The SMILES string of the molecule is CC#CC1(O)CCCNC1. The molecule has 56 valence electrons. The van der Waals surface area contributed by atoms with E-state index in [0.29, 0.717) is 6.54 Å². The van der Waals surface area contributed by atoms with Gasteiger partial charge in [0.15, 0.2) is 0 Å². The van der Waals surface area contributed by atoms with Gasteiger partial charge in [-0.15, -0.1) is 5.92 Å². The zero-order valence-electron chi connectivity index (χ0n) is 6.28. The summed E-state index contributed by atoms with van der Waals surface area (Å²) in [5.74, 6) is 5.54. The molecule has 0 spiro atoms. The molecule has 1 atom stereocenters. The highest BCUT2D eigenvalue weighted by Gasteiger charge is 2.25. The molecule has 1 fully saturated rings. The lowest BCUT2D eigenvalue weighted by molar-refractivity contribution is 0.0736. The van der Waals surface area contributed by atoms with Crippen LogP contribution in [0.4, 0.5) is 0 Å². The molecule has 0 aliphatic carbocycles. The summed E-state index contributed by atoms with van der Waals surface area (Å²) in [4.78, 5) is 0. The maximum Gasteiger partial charge on any atom is 0.137 e. The normalized spacial score (nSPS) is 32.6. The second-order valence-corrected chi connectivity index (χ2v) is 2.69. The van der Waals surface area contributed by atoms with Crippen LogP contribution >= 0.6 is 0 Å². The molecule has 0 aromatic heterocycles. The summed E-state index contributed by atoms with van der Waals surface area (Å²) in [7, 11) is 0. The Morgan fingerprint density at radius 3 is 2.90 bits per heavy atom. The Morgan fingerprint density at radius 1 is 1.60 bits per heavy atom. The second-order valence-electron chi connectivity index (χ2n) is 2.69. The highest BCUT2D eigenvalue weighted by atomic mass is 16.3. The summed E-state index contributed by atoms with van der Waals surface area (Å²) in [6.07, 6.45) is 1.83. The minimum absolute atomic E-state index is 0.619. The third-order valence-corrected chi connectivity index (χ3v) is 1.72. The summed E-state index contributed by atoms with van der Waals surface area (Å²) in [6.45, 7) is 3.38. The van der Waals surface area contributed by atoms with Gasteiger partial charge in [-0.1, -0.05) is 5.92 Å². The van der Waals surface area contributed by atoms with E-state index in [2.05, 4.69) is 17.2 Å². The van der Waals surface area contributed by atoms with E-state index in [1.54, 1.807) is 6.92 Å². The van der Waals surface area contributed by atoms with E-state index in [1.165, 1.54) is 0 Å². The predicted octanol–water partition coefficient (Wildman–Crippen LogP) is 0.124. The lowest BCUT2D eigenvalue weighted by Crippen LogP contribution is -2.44. The van der Waals surface area contributed by atoms with Gasteiger partial charge < -0.3 is 10.4 Å². The van der Waals surface area contributed by atoms with Crippen molar-refractivity contribution in [1.82, 2.24) is 5.32 Å². The molecule has 1 heterocycles. The van der Waals surface area contributed by atoms with E-state index < -0.39 is 5.60 Å². The molecule has 2 N–H and O–H groups in total. The molecule has 1 aliphatic rings. The van der Waals surface area contributed by atoms with Crippen molar-refractivity contribution in [1.29, 1.82) is 0 Å². The maximum atomic E-state index is 9.64. The molecule has 2 heteroatoms. The first-order valence-corrected chi connectivity index (χ1v) is 3.64. The van der Waals surface area contributed by atoms with Crippen LogP contribution in [0.1, 0.15) is 19.8 Å². The molecule has 0 radical (unpaired) electrons. The van der Waals surface area contributed by atoms with Crippen molar-refractivity contribution in [2.24, 2.45) is 0 Å². The van der Waals surface area contributed by atoms with Gasteiger partial charge in [0.1, 0.15) is 5.60 Å². The standard InChI is InChI=1S/C8H13NO/c1-2-4-8(10)5-3-6-9-7-8/h9-10H,3,5-7H2,1H3. The number of nitrogens with one attached hydrogen (secondary N) is 1. The van der Waals surface area contributed by atoms with Crippen LogP contribution in [-0.2, 0) is 0 Å². The maximum absolute atomic E-state index is 9.64. The number of piperidine rings is 1. The van der Waals surface area contributed by atoms with Gasteiger partial charge in [0, 0.05) is 6.54 Å². The van der Waals surface area contributed by atoms with Crippen molar-refractivity contribution in [3.05, 3.63) is 0 Å². The van der Waals surface area contributed by atoms with Crippen LogP contribution in [-0.4, -0.2) is 23.8 Å². The van der Waals surface area contributed by atoms with Crippen LogP contribution < -0.4 is 5.32 Å². The first-order valence-electron chi connectivity index (χ1n) is 3.64. The van der Waals surface area contributed by atoms with E-state index in [1.807, 2.05) is 0 Å². The second kappa shape index (κ2) is 3.05. The van der Waals surface area contributed by atoms with Crippen molar-refractivity contribution in [3.8, 4) is 11.8 Å². The zero-order valence-corrected chi connectivity index (χ0v) is 6.28. The fourth-order valence-corrected chi connectivity index (χ4v) is 1.23. The lowest BCUT2D eigenvalue weighted by atomic mass is 9.95. The van der Waals surface area contributed by atoms with Gasteiger partial charge in [-0.3, -0.25) is 0 Å². The number of aliphatic hydroxyl groups is 1. The van der Waals surface area contributed by atoms with Crippen LogP contribution in [0.15, 0.2) is 0 Å². The molecule has 0 amide bonds. The highest BCUT2D eigenvalue weighted by Crippen LogP contribution is 2.13. The van der Waals surface area contributed by atoms with E-state index in [9.17, 15) is 5.11 Å². The van der Waals surface area contributed by atoms with Gasteiger partial charge >= 0.3 is 0 Å². The Bertz CT molecular complexity index is 160. The quantitative estimate of drug-likeness (QED) is 0.467. The van der Waals surface area contributed by atoms with Gasteiger partial charge in [-0.2, -0.15) is 0 Å². The van der Waals surface area contributed by atoms with Crippen LogP contribution in [0.2, 0.25) is 0 Å². The molecule has 2 nitrogen and oxygen atoms in total. The topological polar surface area (TPSA) is 32.3 Å². The number of rotatable bonds is 0. The molecule has 0 saturated carbocycles. The van der Waals surface area contributed by atoms with E-state index in [0.717, 1.165) is 19.4 Å². The van der Waals surface area contributed by atoms with Crippen molar-refractivity contribution in [2.45, 2.75) is 25.4 Å². The van der Waals surface area contributed by atoms with Crippen LogP contribution in [0.25, 0.3) is 0 Å². The predicted molar refractivity (Wildman–Crippen MR) is 40.5 cm³/mol. The molecule has 10 heavy (non-hydrogen) atoms. The third-order valence-electron chi connectivity index (χ3n) is 1.72. The van der Waals surface area contributed by atoms with Gasteiger partial charge in [0.25, 0.3) is 0 Å². The smallest absolute Gasteiger partial charge is 0.137 e. The van der Waals surface area contributed by atoms with Gasteiger partial charge in [0.05, 0.1) is 0 Å². The summed E-state index contributed by atoms with van der Waals surface area (Å²) in [5, 5.41) is 12.7. The van der Waals surface area contributed by atoms with E-state index >= 15 is 0 Å². The Labute approximate surface area is 61.6 Å². The average molecular weight is 139 g/mol. The largest absolute Gasteiger partial charge is 0.376 e. The minimum atomic E-state index is -0.743. The van der Waals surface area contributed by atoms with Crippen molar-refractivity contribution >= 4 is 0 Å². The van der Waals surface area contributed by atoms with Gasteiger partial charge in [0.2, 0.25) is 0 Å². The fourth-order valence-electron chi connectivity index (χ4n) is 1.23. The molecule has 1 aliphatic heterocycles. The highest BCUT2D eigenvalue weighted by molar-refractivity contribution is 5.14. The molecule has 1 saturated heterocycles.